The van der Waals surface area contributed by atoms with Gasteiger partial charge in [-0.25, -0.2) is 0 Å². The van der Waals surface area contributed by atoms with E-state index in [0.29, 0.717) is 0 Å². The monoisotopic (exact) mass is 142 g/mol. The zero-order valence-corrected chi connectivity index (χ0v) is 7.72. The quantitative estimate of drug-likeness (QED) is 0.452. The highest BCUT2D eigenvalue weighted by molar-refractivity contribution is 4.65. The van der Waals surface area contributed by atoms with E-state index in [4.69, 9.17) is 0 Å². The molecule has 0 radical (unpaired) electrons. The van der Waals surface area contributed by atoms with Crippen LogP contribution in [0, 0.1) is 11.8 Å². The number of likely N-dealkylation sites (tertiary alicyclic amines) is 1. The maximum absolute atomic E-state index is 2.38. The van der Waals surface area contributed by atoms with E-state index >= 15 is 0 Å². The van der Waals surface area contributed by atoms with Gasteiger partial charge in [0.15, 0.2) is 0 Å². The lowest BCUT2D eigenvalue weighted by Crippen LogP contribution is -2.49. The topological polar surface area (TPSA) is 0 Å². The fourth-order valence-electron chi connectivity index (χ4n) is 1.89. The second-order valence-electron chi connectivity index (χ2n) is 4.59. The van der Waals surface area contributed by atoms with Crippen molar-refractivity contribution in [3.8, 4) is 0 Å². The van der Waals surface area contributed by atoms with Crippen molar-refractivity contribution in [3.05, 3.63) is 0 Å². The maximum Gasteiger partial charge on any atom is 0.0811 e. The fraction of sp³-hybridized carbons (Fsp3) is 1.00. The molecule has 10 heavy (non-hydrogen) atoms. The van der Waals surface area contributed by atoms with Gasteiger partial charge >= 0.3 is 0 Å². The van der Waals surface area contributed by atoms with Crippen LogP contribution in [0.3, 0.4) is 0 Å². The van der Waals surface area contributed by atoms with Crippen molar-refractivity contribution in [3.63, 3.8) is 0 Å². The van der Waals surface area contributed by atoms with E-state index in [1.165, 1.54) is 24.0 Å². The molecule has 0 aromatic heterocycles. The van der Waals surface area contributed by atoms with Gasteiger partial charge in [-0.2, -0.15) is 0 Å². The van der Waals surface area contributed by atoms with Crippen LogP contribution < -0.4 is 0 Å². The van der Waals surface area contributed by atoms with Crippen LogP contribution in [0.15, 0.2) is 0 Å². The van der Waals surface area contributed by atoms with Crippen LogP contribution in [-0.2, 0) is 0 Å². The molecule has 2 unspecified atom stereocenters. The summed E-state index contributed by atoms with van der Waals surface area (Å²) in [4.78, 5) is 0. The van der Waals surface area contributed by atoms with E-state index in [1.54, 1.807) is 0 Å². The molecule has 0 amide bonds. The van der Waals surface area contributed by atoms with E-state index in [-0.39, 0.29) is 0 Å². The van der Waals surface area contributed by atoms with Gasteiger partial charge in [0.2, 0.25) is 0 Å². The van der Waals surface area contributed by atoms with Gasteiger partial charge in [0.05, 0.1) is 27.2 Å². The van der Waals surface area contributed by atoms with Crippen LogP contribution in [0.5, 0.6) is 0 Å². The lowest BCUT2D eigenvalue weighted by molar-refractivity contribution is -0.899. The standard InChI is InChI=1S/C9H20N/c1-8-5-6-10(3,4)7-9(8)2/h8-9H,5-7H2,1-4H3/q+1. The average Bonchev–Trinajstić information content (AvgIpc) is 1.79. The van der Waals surface area contributed by atoms with Crippen LogP contribution in [0.2, 0.25) is 0 Å². The lowest BCUT2D eigenvalue weighted by Gasteiger charge is -2.40. The average molecular weight is 142 g/mol. The van der Waals surface area contributed by atoms with Crippen LogP contribution in [-0.4, -0.2) is 31.7 Å². The van der Waals surface area contributed by atoms with Crippen molar-refractivity contribution in [1.82, 2.24) is 0 Å². The van der Waals surface area contributed by atoms with E-state index in [2.05, 4.69) is 27.9 Å². The normalized spacial score (nSPS) is 39.6. The Labute approximate surface area is 64.6 Å². The molecule has 1 saturated heterocycles. The Morgan fingerprint density at radius 3 is 2.10 bits per heavy atom. The molecule has 1 aliphatic heterocycles. The molecule has 0 spiro atoms. The first kappa shape index (κ1) is 8.06. The fourth-order valence-corrected chi connectivity index (χ4v) is 1.89. The van der Waals surface area contributed by atoms with Crippen molar-refractivity contribution in [2.75, 3.05) is 27.2 Å². The zero-order valence-electron chi connectivity index (χ0n) is 7.72. The highest BCUT2D eigenvalue weighted by Crippen LogP contribution is 2.24. The maximum atomic E-state index is 2.38. The minimum absolute atomic E-state index is 0.920. The summed E-state index contributed by atoms with van der Waals surface area (Å²) in [7, 11) is 4.67. The van der Waals surface area contributed by atoms with Gasteiger partial charge in [-0.15, -0.1) is 0 Å². The minimum atomic E-state index is 0.920. The highest BCUT2D eigenvalue weighted by Gasteiger charge is 2.29. The molecule has 2 atom stereocenters. The van der Waals surface area contributed by atoms with Gasteiger partial charge < -0.3 is 4.48 Å². The van der Waals surface area contributed by atoms with E-state index in [9.17, 15) is 0 Å². The number of piperidine rings is 1. The first-order valence-electron chi connectivity index (χ1n) is 4.33. The van der Waals surface area contributed by atoms with Crippen molar-refractivity contribution in [2.45, 2.75) is 20.3 Å². The van der Waals surface area contributed by atoms with Crippen molar-refractivity contribution in [2.24, 2.45) is 11.8 Å². The van der Waals surface area contributed by atoms with Gasteiger partial charge in [0.1, 0.15) is 0 Å². The Bertz CT molecular complexity index is 118. The second kappa shape index (κ2) is 2.54. The molecule has 1 heteroatoms. The molecule has 1 nitrogen and oxygen atoms in total. The first-order chi connectivity index (χ1) is 4.51. The third-order valence-corrected chi connectivity index (χ3v) is 2.94. The smallest absolute Gasteiger partial charge is 0.0811 e. The predicted octanol–water partition coefficient (Wildman–Crippen LogP) is 1.74. The zero-order chi connectivity index (χ0) is 7.78. The molecule has 0 N–H and O–H groups in total. The Balaban J connectivity index is 2.49. The molecule has 0 aromatic carbocycles. The summed E-state index contributed by atoms with van der Waals surface area (Å²) in [6.45, 7) is 7.49. The molecule has 0 aromatic rings. The van der Waals surface area contributed by atoms with Crippen LogP contribution >= 0.6 is 0 Å². The Hall–Kier alpha value is -0.0400. The van der Waals surface area contributed by atoms with Crippen molar-refractivity contribution < 1.29 is 4.48 Å². The molecular weight excluding hydrogens is 122 g/mol. The molecule has 0 saturated carbocycles. The van der Waals surface area contributed by atoms with Gasteiger partial charge in [0.25, 0.3) is 0 Å². The summed E-state index contributed by atoms with van der Waals surface area (Å²) in [5, 5.41) is 0. The number of quaternary nitrogens is 1. The Kier molecular flexibility index (Phi) is 2.04. The number of nitrogens with zero attached hydrogens (tertiary/aromatic N) is 1. The van der Waals surface area contributed by atoms with Gasteiger partial charge in [0, 0.05) is 5.92 Å². The summed E-state index contributed by atoms with van der Waals surface area (Å²) in [5.74, 6) is 1.87. The van der Waals surface area contributed by atoms with Gasteiger partial charge in [-0.3, -0.25) is 0 Å². The van der Waals surface area contributed by atoms with E-state index < -0.39 is 0 Å². The van der Waals surface area contributed by atoms with Crippen LogP contribution in [0.4, 0.5) is 0 Å². The molecule has 1 aliphatic rings. The highest BCUT2D eigenvalue weighted by atomic mass is 15.3. The van der Waals surface area contributed by atoms with E-state index in [0.717, 1.165) is 11.8 Å². The Morgan fingerprint density at radius 2 is 1.70 bits per heavy atom. The molecule has 1 heterocycles. The molecule has 1 rings (SSSR count). The first-order valence-corrected chi connectivity index (χ1v) is 4.33. The van der Waals surface area contributed by atoms with Crippen molar-refractivity contribution >= 4 is 0 Å². The molecular formula is C9H20N+. The summed E-state index contributed by atoms with van der Waals surface area (Å²) < 4.78 is 1.23. The number of hydrogen-bond acceptors (Lipinski definition) is 0. The van der Waals surface area contributed by atoms with Gasteiger partial charge in [-0.1, -0.05) is 13.8 Å². The van der Waals surface area contributed by atoms with Crippen LogP contribution in [0.25, 0.3) is 0 Å². The molecule has 0 bridgehead atoms. The third kappa shape index (κ3) is 1.72. The van der Waals surface area contributed by atoms with Crippen LogP contribution in [0.1, 0.15) is 20.3 Å². The van der Waals surface area contributed by atoms with Crippen molar-refractivity contribution in [1.29, 1.82) is 0 Å². The summed E-state index contributed by atoms with van der Waals surface area (Å²) in [6.07, 6.45) is 1.41. The number of hydrogen-bond donors (Lipinski definition) is 0. The molecule has 0 aliphatic carbocycles. The van der Waals surface area contributed by atoms with Gasteiger partial charge in [-0.05, 0) is 12.3 Å². The summed E-state index contributed by atoms with van der Waals surface area (Å²) >= 11 is 0. The lowest BCUT2D eigenvalue weighted by atomic mass is 9.88. The van der Waals surface area contributed by atoms with E-state index in [1.807, 2.05) is 0 Å². The largest absolute Gasteiger partial charge is 0.328 e. The second-order valence-corrected chi connectivity index (χ2v) is 4.59. The number of rotatable bonds is 0. The minimum Gasteiger partial charge on any atom is -0.328 e. The summed E-state index contributed by atoms with van der Waals surface area (Å²) in [5.41, 5.74) is 0. The predicted molar refractivity (Wildman–Crippen MR) is 44.8 cm³/mol. The SMILES string of the molecule is CC1CC[N+](C)(C)CC1C. The third-order valence-electron chi connectivity index (χ3n) is 2.94. The molecule has 1 fully saturated rings. The Morgan fingerprint density at radius 1 is 1.10 bits per heavy atom. The molecule has 60 valence electrons. The summed E-state index contributed by atoms with van der Waals surface area (Å²) in [6, 6.07) is 0.